The smallest absolute Gasteiger partial charge is 0.103 e. The Kier molecular flexibility index (Phi) is 2.59. The molecule has 0 bridgehead atoms. The lowest BCUT2D eigenvalue weighted by atomic mass is 9.74. The number of rotatable bonds is 0. The van der Waals surface area contributed by atoms with Crippen molar-refractivity contribution >= 4 is 0 Å². The van der Waals surface area contributed by atoms with E-state index in [2.05, 4.69) is 6.92 Å². The number of fused-ring (bicyclic) bond motifs is 1. The van der Waals surface area contributed by atoms with E-state index in [1.54, 1.807) is 0 Å². The van der Waals surface area contributed by atoms with Crippen LogP contribution in [0.5, 0.6) is 0 Å². The summed E-state index contributed by atoms with van der Waals surface area (Å²) in [7, 11) is 0. The molecular formula is C11H19FO. The van der Waals surface area contributed by atoms with Gasteiger partial charge in [-0.15, -0.1) is 0 Å². The van der Waals surface area contributed by atoms with E-state index in [1.165, 1.54) is 0 Å². The van der Waals surface area contributed by atoms with Gasteiger partial charge in [-0.2, -0.15) is 0 Å². The predicted molar refractivity (Wildman–Crippen MR) is 50.3 cm³/mol. The maximum Gasteiger partial charge on any atom is 0.103 e. The van der Waals surface area contributed by atoms with Gasteiger partial charge in [-0.1, -0.05) is 13.8 Å². The lowest BCUT2D eigenvalue weighted by molar-refractivity contribution is -0.0965. The second-order valence-corrected chi connectivity index (χ2v) is 4.94. The van der Waals surface area contributed by atoms with E-state index in [-0.39, 0.29) is 5.92 Å². The number of hydrogen-bond donors (Lipinski definition) is 0. The van der Waals surface area contributed by atoms with Crippen molar-refractivity contribution in [1.82, 2.24) is 0 Å². The molecule has 1 aliphatic heterocycles. The molecule has 0 spiro atoms. The normalized spacial score (nSPS) is 51.5. The number of ether oxygens (including phenoxy) is 1. The lowest BCUT2D eigenvalue weighted by Gasteiger charge is -2.41. The molecule has 1 saturated heterocycles. The van der Waals surface area contributed by atoms with Crippen molar-refractivity contribution in [2.75, 3.05) is 6.61 Å². The monoisotopic (exact) mass is 186 g/mol. The summed E-state index contributed by atoms with van der Waals surface area (Å²) in [6.07, 6.45) is 2.60. The fourth-order valence-electron chi connectivity index (χ4n) is 2.70. The van der Waals surface area contributed by atoms with Crippen molar-refractivity contribution in [2.24, 2.45) is 17.8 Å². The van der Waals surface area contributed by atoms with Crippen molar-refractivity contribution in [2.45, 2.75) is 45.4 Å². The molecule has 0 aromatic carbocycles. The lowest BCUT2D eigenvalue weighted by Crippen LogP contribution is -2.42. The van der Waals surface area contributed by atoms with Gasteiger partial charge in [-0.05, 0) is 37.0 Å². The molecule has 0 amide bonds. The van der Waals surface area contributed by atoms with Gasteiger partial charge in [0.1, 0.15) is 6.17 Å². The van der Waals surface area contributed by atoms with E-state index in [0.717, 1.165) is 25.9 Å². The first-order valence-corrected chi connectivity index (χ1v) is 5.42. The molecule has 1 heterocycles. The third-order valence-corrected chi connectivity index (χ3v) is 3.58. The Hall–Kier alpha value is -0.110. The molecule has 1 saturated carbocycles. The van der Waals surface area contributed by atoms with Gasteiger partial charge in [0.15, 0.2) is 0 Å². The molecule has 13 heavy (non-hydrogen) atoms. The summed E-state index contributed by atoms with van der Waals surface area (Å²) in [5.74, 6) is 1.33. The zero-order valence-corrected chi connectivity index (χ0v) is 8.50. The van der Waals surface area contributed by atoms with Crippen molar-refractivity contribution in [3.63, 3.8) is 0 Å². The molecule has 0 radical (unpaired) electrons. The molecule has 2 heteroatoms. The summed E-state index contributed by atoms with van der Waals surface area (Å²) in [5, 5.41) is 0. The fraction of sp³-hybridized carbons (Fsp3) is 1.00. The van der Waals surface area contributed by atoms with Gasteiger partial charge in [0.2, 0.25) is 0 Å². The van der Waals surface area contributed by atoms with Crippen LogP contribution in [-0.4, -0.2) is 18.9 Å². The highest BCUT2D eigenvalue weighted by molar-refractivity contribution is 4.87. The molecule has 1 aliphatic carbocycles. The molecule has 76 valence electrons. The molecule has 2 aliphatic rings. The van der Waals surface area contributed by atoms with Crippen LogP contribution in [0.1, 0.15) is 33.1 Å². The molecule has 0 aromatic heterocycles. The van der Waals surface area contributed by atoms with Crippen molar-refractivity contribution < 1.29 is 9.13 Å². The average Bonchev–Trinajstić information content (AvgIpc) is 2.08. The standard InChI is InChI=1S/C11H19FO/c1-7-3-9-5-10(12)8(2)4-11(9)13-6-7/h7-11H,3-6H2,1-2H3/t7?,8?,9?,10-,11?/m0/s1. The van der Waals surface area contributed by atoms with Gasteiger partial charge < -0.3 is 4.74 Å². The predicted octanol–water partition coefficient (Wildman–Crippen LogP) is 2.80. The number of halogens is 1. The summed E-state index contributed by atoms with van der Waals surface area (Å²) >= 11 is 0. The van der Waals surface area contributed by atoms with E-state index < -0.39 is 6.17 Å². The van der Waals surface area contributed by atoms with Crippen LogP contribution < -0.4 is 0 Å². The Morgan fingerprint density at radius 2 is 1.92 bits per heavy atom. The third-order valence-electron chi connectivity index (χ3n) is 3.58. The van der Waals surface area contributed by atoms with Crippen LogP contribution in [0.25, 0.3) is 0 Å². The Morgan fingerprint density at radius 3 is 2.69 bits per heavy atom. The van der Waals surface area contributed by atoms with Gasteiger partial charge in [0.25, 0.3) is 0 Å². The quantitative estimate of drug-likeness (QED) is 0.565. The van der Waals surface area contributed by atoms with E-state index in [4.69, 9.17) is 4.74 Å². The van der Waals surface area contributed by atoms with Gasteiger partial charge >= 0.3 is 0 Å². The Bertz CT molecular complexity index is 183. The second-order valence-electron chi connectivity index (χ2n) is 4.94. The molecule has 1 nitrogen and oxygen atoms in total. The zero-order chi connectivity index (χ0) is 9.42. The van der Waals surface area contributed by atoms with Crippen LogP contribution in [0.4, 0.5) is 4.39 Å². The number of hydrogen-bond acceptors (Lipinski definition) is 1. The maximum absolute atomic E-state index is 13.4. The Labute approximate surface area is 79.7 Å². The first-order valence-electron chi connectivity index (χ1n) is 5.42. The largest absolute Gasteiger partial charge is 0.378 e. The molecular weight excluding hydrogens is 167 g/mol. The highest BCUT2D eigenvalue weighted by Gasteiger charge is 2.38. The first-order chi connectivity index (χ1) is 6.16. The van der Waals surface area contributed by atoms with Gasteiger partial charge in [0.05, 0.1) is 6.10 Å². The van der Waals surface area contributed by atoms with E-state index in [0.29, 0.717) is 17.9 Å². The topological polar surface area (TPSA) is 9.23 Å². The second kappa shape index (κ2) is 3.56. The molecule has 0 aromatic rings. The SMILES string of the molecule is CC1COC2CC(C)[C@@H](F)CC2C1. The minimum Gasteiger partial charge on any atom is -0.378 e. The van der Waals surface area contributed by atoms with E-state index in [1.807, 2.05) is 6.92 Å². The minimum atomic E-state index is -0.588. The van der Waals surface area contributed by atoms with Gasteiger partial charge in [-0.3, -0.25) is 0 Å². The van der Waals surface area contributed by atoms with Crippen LogP contribution in [-0.2, 0) is 4.74 Å². The molecule has 2 rings (SSSR count). The Morgan fingerprint density at radius 1 is 1.15 bits per heavy atom. The van der Waals surface area contributed by atoms with Crippen LogP contribution in [0.2, 0.25) is 0 Å². The van der Waals surface area contributed by atoms with Crippen molar-refractivity contribution in [1.29, 1.82) is 0 Å². The van der Waals surface area contributed by atoms with Crippen LogP contribution in [0, 0.1) is 17.8 Å². The summed E-state index contributed by atoms with van der Waals surface area (Å²) in [5.41, 5.74) is 0. The maximum atomic E-state index is 13.4. The highest BCUT2D eigenvalue weighted by Crippen LogP contribution is 2.39. The van der Waals surface area contributed by atoms with E-state index >= 15 is 0 Å². The van der Waals surface area contributed by atoms with Crippen molar-refractivity contribution in [3.8, 4) is 0 Å². The zero-order valence-electron chi connectivity index (χ0n) is 8.50. The van der Waals surface area contributed by atoms with Crippen LogP contribution >= 0.6 is 0 Å². The Balaban J connectivity index is 1.98. The summed E-state index contributed by atoms with van der Waals surface area (Å²) in [6, 6.07) is 0. The molecule has 0 N–H and O–H groups in total. The molecule has 4 unspecified atom stereocenters. The minimum absolute atomic E-state index is 0.203. The van der Waals surface area contributed by atoms with Crippen molar-refractivity contribution in [3.05, 3.63) is 0 Å². The summed E-state index contributed by atoms with van der Waals surface area (Å²) < 4.78 is 19.2. The molecule has 2 fully saturated rings. The summed E-state index contributed by atoms with van der Waals surface area (Å²) in [4.78, 5) is 0. The van der Waals surface area contributed by atoms with Gasteiger partial charge in [-0.25, -0.2) is 4.39 Å². The average molecular weight is 186 g/mol. The molecule has 5 atom stereocenters. The van der Waals surface area contributed by atoms with Crippen LogP contribution in [0.3, 0.4) is 0 Å². The van der Waals surface area contributed by atoms with Gasteiger partial charge in [0, 0.05) is 6.61 Å². The first kappa shape index (κ1) is 9.45. The summed E-state index contributed by atoms with van der Waals surface area (Å²) in [6.45, 7) is 5.08. The third kappa shape index (κ3) is 1.88. The highest BCUT2D eigenvalue weighted by atomic mass is 19.1. The number of alkyl halides is 1. The van der Waals surface area contributed by atoms with Crippen LogP contribution in [0.15, 0.2) is 0 Å². The van der Waals surface area contributed by atoms with E-state index in [9.17, 15) is 4.39 Å². The fourth-order valence-corrected chi connectivity index (χ4v) is 2.70.